The van der Waals surface area contributed by atoms with Crippen LogP contribution in [-0.4, -0.2) is 24.4 Å². The molecule has 1 atom stereocenters. The Balaban J connectivity index is 2.37. The van der Waals surface area contributed by atoms with Crippen molar-refractivity contribution in [3.05, 3.63) is 29.8 Å². The molecule has 1 aromatic carbocycles. The monoisotopic (exact) mass is 297 g/mol. The van der Waals surface area contributed by atoms with Crippen LogP contribution in [0.3, 0.4) is 0 Å². The molecule has 0 aliphatic carbocycles. The van der Waals surface area contributed by atoms with E-state index in [2.05, 4.69) is 12.2 Å². The van der Waals surface area contributed by atoms with Gasteiger partial charge in [0.15, 0.2) is 0 Å². The average molecular weight is 298 g/mol. The van der Waals surface area contributed by atoms with Crippen LogP contribution in [0.25, 0.3) is 0 Å². The maximum Gasteiger partial charge on any atom is 0.251 e. The van der Waals surface area contributed by atoms with Crippen molar-refractivity contribution < 1.29 is 9.53 Å². The molecule has 1 rings (SSSR count). The summed E-state index contributed by atoms with van der Waals surface area (Å²) in [4.78, 5) is 11.9. The Hall–Kier alpha value is -1.22. The molecule has 0 fully saturated rings. The fraction of sp³-hybridized carbons (Fsp3) is 0.562. The van der Waals surface area contributed by atoms with E-state index in [1.54, 1.807) is 12.1 Å². The molecule has 0 heterocycles. The first kappa shape index (κ1) is 16.8. The molecule has 20 heavy (non-hydrogen) atoms. The lowest BCUT2D eigenvalue weighted by Gasteiger charge is -2.09. The van der Waals surface area contributed by atoms with Gasteiger partial charge >= 0.3 is 0 Å². The summed E-state index contributed by atoms with van der Waals surface area (Å²) in [6.45, 7) is 5.49. The third-order valence-corrected chi connectivity index (χ3v) is 3.60. The first-order valence-electron chi connectivity index (χ1n) is 7.32. The van der Waals surface area contributed by atoms with Gasteiger partial charge in [0.1, 0.15) is 5.75 Å². The van der Waals surface area contributed by atoms with Crippen molar-refractivity contribution in [1.29, 1.82) is 0 Å². The molecule has 4 heteroatoms. The van der Waals surface area contributed by atoms with E-state index >= 15 is 0 Å². The number of alkyl halides is 1. The summed E-state index contributed by atoms with van der Waals surface area (Å²) >= 11 is 6.01. The number of unbranched alkanes of at least 4 members (excludes halogenated alkanes) is 1. The maximum atomic E-state index is 11.9. The third-order valence-electron chi connectivity index (χ3n) is 3.07. The molecule has 0 saturated heterocycles. The molecule has 1 amide bonds. The van der Waals surface area contributed by atoms with E-state index in [0.717, 1.165) is 38.0 Å². The van der Waals surface area contributed by atoms with E-state index in [0.29, 0.717) is 12.1 Å². The van der Waals surface area contributed by atoms with Gasteiger partial charge in [0.2, 0.25) is 0 Å². The first-order valence-corrected chi connectivity index (χ1v) is 7.76. The van der Waals surface area contributed by atoms with Gasteiger partial charge in [-0.2, -0.15) is 0 Å². The number of carbonyl (C=O) groups is 1. The second-order valence-electron chi connectivity index (χ2n) is 4.78. The number of hydrogen-bond acceptors (Lipinski definition) is 2. The number of nitrogens with one attached hydrogen (secondary N) is 1. The van der Waals surface area contributed by atoms with Crippen LogP contribution in [0.15, 0.2) is 24.3 Å². The number of benzene rings is 1. The van der Waals surface area contributed by atoms with Crippen molar-refractivity contribution >= 4 is 17.5 Å². The fourth-order valence-corrected chi connectivity index (χ4v) is 1.79. The fourth-order valence-electron chi connectivity index (χ4n) is 1.69. The van der Waals surface area contributed by atoms with E-state index < -0.39 is 0 Å². The van der Waals surface area contributed by atoms with E-state index in [4.69, 9.17) is 16.3 Å². The van der Waals surface area contributed by atoms with Crippen LogP contribution in [-0.2, 0) is 0 Å². The lowest BCUT2D eigenvalue weighted by Crippen LogP contribution is -2.25. The lowest BCUT2D eigenvalue weighted by molar-refractivity contribution is 0.0953. The second-order valence-corrected chi connectivity index (χ2v) is 5.39. The zero-order chi connectivity index (χ0) is 14.8. The van der Waals surface area contributed by atoms with Gasteiger partial charge in [-0.15, -0.1) is 11.6 Å². The summed E-state index contributed by atoms with van der Waals surface area (Å²) in [5.74, 6) is 0.742. The van der Waals surface area contributed by atoms with Crippen LogP contribution in [0.1, 0.15) is 49.9 Å². The van der Waals surface area contributed by atoms with E-state index in [1.807, 2.05) is 19.1 Å². The predicted octanol–water partition coefficient (Wildman–Crippen LogP) is 4.00. The van der Waals surface area contributed by atoms with Gasteiger partial charge < -0.3 is 10.1 Å². The summed E-state index contributed by atoms with van der Waals surface area (Å²) in [5, 5.41) is 3.00. The molecule has 0 aromatic heterocycles. The topological polar surface area (TPSA) is 38.3 Å². The molecule has 1 aromatic rings. The summed E-state index contributed by atoms with van der Waals surface area (Å²) in [7, 11) is 0. The molecular formula is C16H24ClNO2. The molecule has 112 valence electrons. The Kier molecular flexibility index (Phi) is 8.12. The smallest absolute Gasteiger partial charge is 0.251 e. The van der Waals surface area contributed by atoms with E-state index in [9.17, 15) is 4.79 Å². The molecule has 1 N–H and O–H groups in total. The van der Waals surface area contributed by atoms with Gasteiger partial charge in [-0.3, -0.25) is 4.79 Å². The maximum absolute atomic E-state index is 11.9. The van der Waals surface area contributed by atoms with Crippen LogP contribution in [0.2, 0.25) is 0 Å². The van der Waals surface area contributed by atoms with Gasteiger partial charge in [-0.25, -0.2) is 0 Å². The largest absolute Gasteiger partial charge is 0.494 e. The minimum atomic E-state index is -0.0647. The number of ether oxygens (including phenoxy) is 1. The van der Waals surface area contributed by atoms with Gasteiger partial charge in [0.05, 0.1) is 6.61 Å². The Morgan fingerprint density at radius 1 is 1.30 bits per heavy atom. The van der Waals surface area contributed by atoms with Crippen molar-refractivity contribution in [3.63, 3.8) is 0 Å². The molecular weight excluding hydrogens is 274 g/mol. The van der Waals surface area contributed by atoms with Crippen molar-refractivity contribution in [3.8, 4) is 5.75 Å². The summed E-state index contributed by atoms with van der Waals surface area (Å²) in [6, 6.07) is 7.24. The summed E-state index contributed by atoms with van der Waals surface area (Å²) < 4.78 is 5.56. The SMILES string of the molecule is CCCCOc1ccc(C(=O)NCCC(Cl)CC)cc1. The number of amides is 1. The molecule has 3 nitrogen and oxygen atoms in total. The van der Waals surface area contributed by atoms with Crippen molar-refractivity contribution in [2.24, 2.45) is 0 Å². The molecule has 0 spiro atoms. The number of carbonyl (C=O) groups excluding carboxylic acids is 1. The summed E-state index contributed by atoms with van der Waals surface area (Å²) in [6.07, 6.45) is 3.86. The molecule has 0 aliphatic heterocycles. The Morgan fingerprint density at radius 2 is 2.00 bits per heavy atom. The highest BCUT2D eigenvalue weighted by molar-refractivity contribution is 6.20. The molecule has 0 saturated carbocycles. The highest BCUT2D eigenvalue weighted by Gasteiger charge is 2.06. The summed E-state index contributed by atoms with van der Waals surface area (Å²) in [5.41, 5.74) is 0.649. The number of hydrogen-bond donors (Lipinski definition) is 1. The number of halogens is 1. The quantitative estimate of drug-likeness (QED) is 0.552. The molecule has 1 unspecified atom stereocenters. The molecule has 0 bridgehead atoms. The van der Waals surface area contributed by atoms with Gasteiger partial charge in [-0.05, 0) is 43.5 Å². The zero-order valence-electron chi connectivity index (χ0n) is 12.3. The van der Waals surface area contributed by atoms with E-state index in [-0.39, 0.29) is 11.3 Å². The van der Waals surface area contributed by atoms with Gasteiger partial charge in [-0.1, -0.05) is 20.3 Å². The molecule has 0 radical (unpaired) electrons. The Morgan fingerprint density at radius 3 is 2.60 bits per heavy atom. The minimum absolute atomic E-state index is 0.0647. The minimum Gasteiger partial charge on any atom is -0.494 e. The van der Waals surface area contributed by atoms with Gasteiger partial charge in [0.25, 0.3) is 5.91 Å². The van der Waals surface area contributed by atoms with Crippen molar-refractivity contribution in [1.82, 2.24) is 5.32 Å². The molecule has 0 aliphatic rings. The zero-order valence-corrected chi connectivity index (χ0v) is 13.1. The normalized spacial score (nSPS) is 11.9. The van der Waals surface area contributed by atoms with Crippen molar-refractivity contribution in [2.45, 2.75) is 44.9 Å². The number of rotatable bonds is 9. The van der Waals surface area contributed by atoms with Crippen LogP contribution in [0.5, 0.6) is 5.75 Å². The Labute approximate surface area is 126 Å². The van der Waals surface area contributed by atoms with E-state index in [1.165, 1.54) is 0 Å². The van der Waals surface area contributed by atoms with Crippen LogP contribution in [0, 0.1) is 0 Å². The predicted molar refractivity (Wildman–Crippen MR) is 83.7 cm³/mol. The lowest BCUT2D eigenvalue weighted by atomic mass is 10.2. The highest BCUT2D eigenvalue weighted by Crippen LogP contribution is 2.13. The van der Waals surface area contributed by atoms with Crippen LogP contribution < -0.4 is 10.1 Å². The first-order chi connectivity index (χ1) is 9.67. The van der Waals surface area contributed by atoms with Gasteiger partial charge in [0, 0.05) is 17.5 Å². The van der Waals surface area contributed by atoms with Crippen molar-refractivity contribution in [2.75, 3.05) is 13.2 Å². The second kappa shape index (κ2) is 9.65. The van der Waals surface area contributed by atoms with Crippen LogP contribution >= 0.6 is 11.6 Å². The third kappa shape index (κ3) is 6.29. The standard InChI is InChI=1S/C16H24ClNO2/c1-3-5-12-20-15-8-6-13(7-9-15)16(19)18-11-10-14(17)4-2/h6-9,14H,3-5,10-12H2,1-2H3,(H,18,19). The average Bonchev–Trinajstić information content (AvgIpc) is 2.48. The Bertz CT molecular complexity index is 392. The highest BCUT2D eigenvalue weighted by atomic mass is 35.5. The van der Waals surface area contributed by atoms with Crippen LogP contribution in [0.4, 0.5) is 0 Å².